The monoisotopic (exact) mass is 253 g/mol. The summed E-state index contributed by atoms with van der Waals surface area (Å²) in [5.74, 6) is -1.70. The van der Waals surface area contributed by atoms with E-state index in [0.717, 1.165) is 6.07 Å². The largest absolute Gasteiger partial charge is 0.301 e. The molecule has 0 fully saturated rings. The number of Topliss-reactive ketones (excluding diaryl/α,β-unsaturated/α-hetero) is 1. The molecule has 0 aliphatic carbocycles. The zero-order chi connectivity index (χ0) is 12.6. The second-order valence-corrected chi connectivity index (χ2v) is 4.03. The summed E-state index contributed by atoms with van der Waals surface area (Å²) in [6.45, 7) is 3.85. The van der Waals surface area contributed by atoms with Gasteiger partial charge in [-0.1, -0.05) is 6.58 Å². The van der Waals surface area contributed by atoms with Crippen LogP contribution in [0.5, 0.6) is 0 Å². The second kappa shape index (κ2) is 4.30. The number of hydrogen-bond donors (Lipinski definition) is 0. The number of ketones is 1. The molecule has 1 aromatic rings. The topological polar surface area (TPSA) is 37.4 Å². The van der Waals surface area contributed by atoms with Gasteiger partial charge in [-0.3, -0.25) is 9.59 Å². The Morgan fingerprint density at radius 3 is 2.76 bits per heavy atom. The highest BCUT2D eigenvalue weighted by Crippen LogP contribution is 2.29. The van der Waals surface area contributed by atoms with Gasteiger partial charge < -0.3 is 4.90 Å². The number of hydrogen-bond acceptors (Lipinski definition) is 2. The van der Waals surface area contributed by atoms with Gasteiger partial charge in [0.25, 0.3) is 11.7 Å². The maximum absolute atomic E-state index is 13.0. The lowest BCUT2D eigenvalue weighted by Gasteiger charge is -2.16. The third-order valence-corrected chi connectivity index (χ3v) is 2.88. The fourth-order valence-electron chi connectivity index (χ4n) is 1.70. The van der Waals surface area contributed by atoms with Gasteiger partial charge in [-0.2, -0.15) is 0 Å². The highest BCUT2D eigenvalue weighted by molar-refractivity contribution is 6.52. The lowest BCUT2D eigenvalue weighted by molar-refractivity contribution is -0.114. The van der Waals surface area contributed by atoms with Crippen LogP contribution >= 0.6 is 11.6 Å². The summed E-state index contributed by atoms with van der Waals surface area (Å²) in [6.07, 6.45) is 0. The van der Waals surface area contributed by atoms with Crippen molar-refractivity contribution in [1.29, 1.82) is 0 Å². The van der Waals surface area contributed by atoms with E-state index in [1.165, 1.54) is 17.0 Å². The molecule has 0 spiro atoms. The minimum atomic E-state index is -0.693. The van der Waals surface area contributed by atoms with Crippen LogP contribution in [-0.2, 0) is 4.79 Å². The standard InChI is InChI=1S/C12H9ClFNO2/c1-7(5-13)6-15-10-3-2-8(14)4-9(10)11(16)12(15)17/h2-4H,1,5-6H2. The molecule has 0 bridgehead atoms. The van der Waals surface area contributed by atoms with Crippen LogP contribution < -0.4 is 4.90 Å². The number of alkyl halides is 1. The van der Waals surface area contributed by atoms with Crippen molar-refractivity contribution in [3.63, 3.8) is 0 Å². The summed E-state index contributed by atoms with van der Waals surface area (Å²) >= 11 is 5.58. The van der Waals surface area contributed by atoms with Gasteiger partial charge in [-0.05, 0) is 23.8 Å². The van der Waals surface area contributed by atoms with Gasteiger partial charge in [0.1, 0.15) is 5.82 Å². The van der Waals surface area contributed by atoms with Crippen molar-refractivity contribution in [3.8, 4) is 0 Å². The fourth-order valence-corrected chi connectivity index (χ4v) is 1.78. The van der Waals surface area contributed by atoms with Crippen LogP contribution in [0.1, 0.15) is 10.4 Å². The number of carbonyl (C=O) groups is 2. The molecule has 0 atom stereocenters. The van der Waals surface area contributed by atoms with Gasteiger partial charge in [-0.25, -0.2) is 4.39 Å². The number of nitrogens with zero attached hydrogens (tertiary/aromatic N) is 1. The van der Waals surface area contributed by atoms with Gasteiger partial charge in [0, 0.05) is 12.4 Å². The first-order valence-electron chi connectivity index (χ1n) is 4.93. The zero-order valence-electron chi connectivity index (χ0n) is 8.87. The van der Waals surface area contributed by atoms with Crippen molar-refractivity contribution in [2.45, 2.75) is 0 Å². The van der Waals surface area contributed by atoms with E-state index in [9.17, 15) is 14.0 Å². The average Bonchev–Trinajstić information content (AvgIpc) is 2.54. The maximum Gasteiger partial charge on any atom is 0.299 e. The van der Waals surface area contributed by atoms with Crippen LogP contribution in [0.2, 0.25) is 0 Å². The third-order valence-electron chi connectivity index (χ3n) is 2.50. The van der Waals surface area contributed by atoms with E-state index < -0.39 is 17.5 Å². The molecule has 2 rings (SSSR count). The summed E-state index contributed by atoms with van der Waals surface area (Å²) in [5.41, 5.74) is 1.12. The molecule has 0 N–H and O–H groups in total. The van der Waals surface area contributed by atoms with Gasteiger partial charge >= 0.3 is 0 Å². The number of carbonyl (C=O) groups excluding carboxylic acids is 2. The molecule has 0 unspecified atom stereocenters. The average molecular weight is 254 g/mol. The first-order valence-corrected chi connectivity index (χ1v) is 5.46. The summed E-state index contributed by atoms with van der Waals surface area (Å²) in [6, 6.07) is 3.69. The Hall–Kier alpha value is -1.68. The number of benzene rings is 1. The normalized spacial score (nSPS) is 14.1. The number of fused-ring (bicyclic) bond motifs is 1. The molecule has 17 heavy (non-hydrogen) atoms. The van der Waals surface area contributed by atoms with Crippen molar-refractivity contribution in [3.05, 3.63) is 41.7 Å². The molecule has 1 amide bonds. The van der Waals surface area contributed by atoms with Crippen molar-refractivity contribution in [2.75, 3.05) is 17.3 Å². The Balaban J connectivity index is 2.41. The number of halogens is 2. The Bertz CT molecular complexity index is 527. The number of rotatable bonds is 3. The highest BCUT2D eigenvalue weighted by Gasteiger charge is 2.35. The number of amides is 1. The van der Waals surface area contributed by atoms with E-state index in [2.05, 4.69) is 6.58 Å². The van der Waals surface area contributed by atoms with E-state index in [0.29, 0.717) is 11.3 Å². The predicted octanol–water partition coefficient (Wildman–Crippen LogP) is 2.15. The van der Waals surface area contributed by atoms with Crippen molar-refractivity contribution in [1.82, 2.24) is 0 Å². The van der Waals surface area contributed by atoms with Crippen LogP contribution in [0.3, 0.4) is 0 Å². The summed E-state index contributed by atoms with van der Waals surface area (Å²) < 4.78 is 13.0. The molecule has 1 heterocycles. The molecule has 5 heteroatoms. The Morgan fingerprint density at radius 1 is 1.41 bits per heavy atom. The van der Waals surface area contributed by atoms with Crippen LogP contribution in [0, 0.1) is 5.82 Å². The molecule has 1 aliphatic rings. The molecule has 0 aromatic heterocycles. The Morgan fingerprint density at radius 2 is 2.12 bits per heavy atom. The predicted molar refractivity (Wildman–Crippen MR) is 62.9 cm³/mol. The van der Waals surface area contributed by atoms with Gasteiger partial charge in [0.05, 0.1) is 11.3 Å². The molecule has 1 aromatic carbocycles. The summed E-state index contributed by atoms with van der Waals surface area (Å²) in [5, 5.41) is 0. The highest BCUT2D eigenvalue weighted by atomic mass is 35.5. The molecular weight excluding hydrogens is 245 g/mol. The molecule has 1 aliphatic heterocycles. The summed E-state index contributed by atoms with van der Waals surface area (Å²) in [4.78, 5) is 24.6. The molecule has 0 saturated heterocycles. The first kappa shape index (κ1) is 11.8. The van der Waals surface area contributed by atoms with Crippen LogP contribution in [-0.4, -0.2) is 24.1 Å². The Kier molecular flexibility index (Phi) is 2.98. The van der Waals surface area contributed by atoms with E-state index in [4.69, 9.17) is 11.6 Å². The molecular formula is C12H9ClFNO2. The van der Waals surface area contributed by atoms with Crippen molar-refractivity contribution >= 4 is 29.0 Å². The van der Waals surface area contributed by atoms with E-state index in [1.54, 1.807) is 0 Å². The SMILES string of the molecule is C=C(CCl)CN1C(=O)C(=O)c2cc(F)ccc21. The minimum absolute atomic E-state index is 0.0948. The Labute approximate surface area is 102 Å². The lowest BCUT2D eigenvalue weighted by Crippen LogP contribution is -2.31. The fraction of sp³-hybridized carbons (Fsp3) is 0.167. The second-order valence-electron chi connectivity index (χ2n) is 3.77. The van der Waals surface area contributed by atoms with Crippen LogP contribution in [0.4, 0.5) is 10.1 Å². The van der Waals surface area contributed by atoms with Crippen molar-refractivity contribution in [2.24, 2.45) is 0 Å². The molecule has 0 saturated carbocycles. The van der Waals surface area contributed by atoms with Crippen LogP contribution in [0.15, 0.2) is 30.4 Å². The smallest absolute Gasteiger partial charge is 0.299 e. The maximum atomic E-state index is 13.0. The van der Waals surface area contributed by atoms with Gasteiger partial charge in [0.2, 0.25) is 0 Å². The molecule has 88 valence electrons. The van der Waals surface area contributed by atoms with Crippen molar-refractivity contribution < 1.29 is 14.0 Å². The van der Waals surface area contributed by atoms with E-state index in [1.807, 2.05) is 0 Å². The quantitative estimate of drug-likeness (QED) is 0.470. The lowest BCUT2D eigenvalue weighted by atomic mass is 10.1. The molecule has 0 radical (unpaired) electrons. The first-order chi connectivity index (χ1) is 8.04. The zero-order valence-corrected chi connectivity index (χ0v) is 9.63. The van der Waals surface area contributed by atoms with Gasteiger partial charge in [0.15, 0.2) is 0 Å². The van der Waals surface area contributed by atoms with Crippen LogP contribution in [0.25, 0.3) is 0 Å². The third kappa shape index (κ3) is 1.96. The minimum Gasteiger partial charge on any atom is -0.301 e. The van der Waals surface area contributed by atoms with E-state index in [-0.39, 0.29) is 18.0 Å². The van der Waals surface area contributed by atoms with E-state index >= 15 is 0 Å². The van der Waals surface area contributed by atoms with Gasteiger partial charge in [-0.15, -0.1) is 11.6 Å². The molecule has 3 nitrogen and oxygen atoms in total. The number of anilines is 1. The summed E-state index contributed by atoms with van der Waals surface area (Å²) in [7, 11) is 0.